The number of carbonyl (C=O) groups excluding carboxylic acids is 2. The number of nitrogens with zero attached hydrogens (tertiary/aromatic N) is 1. The first-order chi connectivity index (χ1) is 16.7. The summed E-state index contributed by atoms with van der Waals surface area (Å²) < 4.78 is 23.1. The van der Waals surface area contributed by atoms with Crippen molar-refractivity contribution in [3.63, 3.8) is 0 Å². The Hall–Kier alpha value is -3.68. The molecule has 0 aliphatic carbocycles. The second-order valence-corrected chi connectivity index (χ2v) is 8.61. The maximum absolute atomic E-state index is 13.2. The Balaban J connectivity index is 1.95. The fourth-order valence-corrected chi connectivity index (χ4v) is 3.76. The van der Waals surface area contributed by atoms with E-state index in [1.165, 1.54) is 0 Å². The summed E-state index contributed by atoms with van der Waals surface area (Å²) in [5.74, 6) is 1.48. The fraction of sp³-hybridized carbons (Fsp3) is 0.407. The lowest BCUT2D eigenvalue weighted by molar-refractivity contribution is -0.127. The topological polar surface area (TPSA) is 86.3 Å². The number of anilines is 2. The minimum absolute atomic E-state index is 0.0751. The molecular formula is C27H34N2O6. The van der Waals surface area contributed by atoms with Gasteiger partial charge in [0, 0.05) is 17.8 Å². The molecule has 1 aliphatic heterocycles. The van der Waals surface area contributed by atoms with E-state index in [4.69, 9.17) is 18.9 Å². The van der Waals surface area contributed by atoms with Crippen molar-refractivity contribution in [1.82, 2.24) is 0 Å². The monoisotopic (exact) mass is 482 g/mol. The van der Waals surface area contributed by atoms with Gasteiger partial charge in [-0.3, -0.25) is 9.59 Å². The molecule has 35 heavy (non-hydrogen) atoms. The average molecular weight is 483 g/mol. The van der Waals surface area contributed by atoms with Gasteiger partial charge in [0.15, 0.2) is 11.5 Å². The minimum Gasteiger partial charge on any atom is -0.490 e. The zero-order chi connectivity index (χ0) is 25.6. The molecule has 0 fully saturated rings. The molecule has 0 atom stereocenters. The van der Waals surface area contributed by atoms with Crippen molar-refractivity contribution in [2.24, 2.45) is 5.41 Å². The van der Waals surface area contributed by atoms with Gasteiger partial charge in [-0.25, -0.2) is 0 Å². The number of fused-ring (bicyclic) bond motifs is 1. The molecule has 8 nitrogen and oxygen atoms in total. The lowest BCUT2D eigenvalue weighted by Gasteiger charge is -2.27. The van der Waals surface area contributed by atoms with Crippen LogP contribution in [0.3, 0.4) is 0 Å². The first-order valence-corrected chi connectivity index (χ1v) is 11.8. The van der Waals surface area contributed by atoms with Crippen LogP contribution in [0.4, 0.5) is 11.4 Å². The van der Waals surface area contributed by atoms with Gasteiger partial charge in [0.25, 0.3) is 5.91 Å². The Morgan fingerprint density at radius 1 is 1.09 bits per heavy atom. The summed E-state index contributed by atoms with van der Waals surface area (Å²) in [7, 11) is 0. The van der Waals surface area contributed by atoms with Crippen molar-refractivity contribution >= 4 is 23.2 Å². The van der Waals surface area contributed by atoms with Crippen LogP contribution in [0.5, 0.6) is 23.0 Å². The Labute approximate surface area is 206 Å². The third kappa shape index (κ3) is 5.70. The zero-order valence-electron chi connectivity index (χ0n) is 21.1. The Morgan fingerprint density at radius 3 is 2.29 bits per heavy atom. The molecule has 0 saturated carbocycles. The van der Waals surface area contributed by atoms with Crippen LogP contribution in [0, 0.1) is 5.41 Å². The minimum atomic E-state index is -0.695. The van der Waals surface area contributed by atoms with E-state index >= 15 is 0 Å². The maximum Gasteiger partial charge on any atom is 0.255 e. The molecule has 0 spiro atoms. The van der Waals surface area contributed by atoms with E-state index in [1.54, 1.807) is 41.3 Å². The second kappa shape index (κ2) is 11.2. The van der Waals surface area contributed by atoms with Crippen LogP contribution < -0.4 is 29.2 Å². The third-order valence-corrected chi connectivity index (χ3v) is 5.40. The number of amides is 2. The lowest BCUT2D eigenvalue weighted by atomic mass is 9.93. The predicted molar refractivity (Wildman–Crippen MR) is 136 cm³/mol. The van der Waals surface area contributed by atoms with E-state index in [9.17, 15) is 9.59 Å². The van der Waals surface area contributed by atoms with Gasteiger partial charge < -0.3 is 29.2 Å². The van der Waals surface area contributed by atoms with Crippen molar-refractivity contribution in [1.29, 1.82) is 0 Å². The average Bonchev–Trinajstić information content (AvgIpc) is 2.91. The molecule has 1 N–H and O–H groups in total. The molecule has 1 aliphatic rings. The Kier molecular flexibility index (Phi) is 8.27. The molecule has 188 valence electrons. The van der Waals surface area contributed by atoms with E-state index in [1.807, 2.05) is 34.6 Å². The van der Waals surface area contributed by atoms with Gasteiger partial charge in [-0.2, -0.15) is 0 Å². The highest BCUT2D eigenvalue weighted by atomic mass is 16.5. The SMILES string of the molecule is C=CCN1C(=O)C(C)(C)COc2ccc(NC(=O)c3cc(OCC)c(OCC)c(OCC)c3)cc21. The predicted octanol–water partition coefficient (Wildman–Crippen LogP) is 5.07. The van der Waals surface area contributed by atoms with E-state index in [0.717, 1.165) is 0 Å². The van der Waals surface area contributed by atoms with Crippen LogP contribution in [0.15, 0.2) is 43.0 Å². The molecule has 0 bridgehead atoms. The number of carbonyl (C=O) groups is 2. The summed E-state index contributed by atoms with van der Waals surface area (Å²) in [5.41, 5.74) is 0.754. The standard InChI is InChI=1S/C27H34N2O6/c1-7-13-29-20-16-19(11-12-21(20)35-17-27(5,6)26(29)31)28-25(30)18-14-22(32-8-2)24(34-10-4)23(15-18)33-9-3/h7,11-12,14-16H,1,8-10,13,17H2,2-6H3,(H,28,30). The smallest absolute Gasteiger partial charge is 0.255 e. The molecular weight excluding hydrogens is 448 g/mol. The van der Waals surface area contributed by atoms with E-state index in [-0.39, 0.29) is 18.4 Å². The highest BCUT2D eigenvalue weighted by Gasteiger charge is 2.37. The summed E-state index contributed by atoms with van der Waals surface area (Å²) in [6, 6.07) is 8.50. The van der Waals surface area contributed by atoms with Crippen LogP contribution >= 0.6 is 0 Å². The lowest BCUT2D eigenvalue weighted by Crippen LogP contribution is -2.42. The first-order valence-electron chi connectivity index (χ1n) is 11.8. The van der Waals surface area contributed by atoms with Gasteiger partial charge in [0.1, 0.15) is 12.4 Å². The van der Waals surface area contributed by atoms with Crippen LogP contribution in [0.25, 0.3) is 0 Å². The summed E-state index contributed by atoms with van der Waals surface area (Å²) in [6.07, 6.45) is 1.67. The van der Waals surface area contributed by atoms with Crippen molar-refractivity contribution in [2.75, 3.05) is 43.2 Å². The van der Waals surface area contributed by atoms with Gasteiger partial charge in [0.05, 0.1) is 30.9 Å². The molecule has 8 heteroatoms. The van der Waals surface area contributed by atoms with Crippen molar-refractivity contribution in [3.05, 3.63) is 48.6 Å². The number of hydrogen-bond acceptors (Lipinski definition) is 6. The number of hydrogen-bond donors (Lipinski definition) is 1. The van der Waals surface area contributed by atoms with Gasteiger partial charge >= 0.3 is 0 Å². The van der Waals surface area contributed by atoms with Gasteiger partial charge in [-0.15, -0.1) is 6.58 Å². The molecule has 3 rings (SSSR count). The van der Waals surface area contributed by atoms with Crippen LogP contribution in [0.2, 0.25) is 0 Å². The highest BCUT2D eigenvalue weighted by Crippen LogP contribution is 2.40. The Bertz CT molecular complexity index is 1070. The number of nitrogens with one attached hydrogen (secondary N) is 1. The normalized spacial score (nSPS) is 14.3. The molecule has 0 unspecified atom stereocenters. The number of rotatable bonds is 10. The molecule has 0 saturated heterocycles. The third-order valence-electron chi connectivity index (χ3n) is 5.40. The van der Waals surface area contributed by atoms with Crippen LogP contribution in [0.1, 0.15) is 45.0 Å². The summed E-state index contributed by atoms with van der Waals surface area (Å²) in [5, 5.41) is 2.91. The van der Waals surface area contributed by atoms with Crippen LogP contribution in [-0.4, -0.2) is 44.8 Å². The van der Waals surface area contributed by atoms with E-state index in [2.05, 4.69) is 11.9 Å². The highest BCUT2D eigenvalue weighted by molar-refractivity contribution is 6.06. The van der Waals surface area contributed by atoms with Crippen molar-refractivity contribution in [3.8, 4) is 23.0 Å². The quantitative estimate of drug-likeness (QED) is 0.476. The second-order valence-electron chi connectivity index (χ2n) is 8.61. The van der Waals surface area contributed by atoms with Crippen molar-refractivity contribution < 1.29 is 28.5 Å². The number of ether oxygens (including phenoxy) is 4. The molecule has 0 radical (unpaired) electrons. The largest absolute Gasteiger partial charge is 0.490 e. The first kappa shape index (κ1) is 25.9. The van der Waals surface area contributed by atoms with Crippen molar-refractivity contribution in [2.45, 2.75) is 34.6 Å². The molecule has 2 amide bonds. The fourth-order valence-electron chi connectivity index (χ4n) is 3.76. The number of benzene rings is 2. The molecule has 2 aromatic carbocycles. The zero-order valence-corrected chi connectivity index (χ0v) is 21.1. The van der Waals surface area contributed by atoms with Gasteiger partial charge in [-0.05, 0) is 65.0 Å². The molecule has 2 aromatic rings. The van der Waals surface area contributed by atoms with Gasteiger partial charge in [0.2, 0.25) is 11.7 Å². The molecule has 1 heterocycles. The van der Waals surface area contributed by atoms with E-state index in [0.29, 0.717) is 66.3 Å². The van der Waals surface area contributed by atoms with Gasteiger partial charge in [-0.1, -0.05) is 6.08 Å². The van der Waals surface area contributed by atoms with E-state index < -0.39 is 5.41 Å². The maximum atomic E-state index is 13.2. The summed E-state index contributed by atoms with van der Waals surface area (Å²) in [6.45, 7) is 14.9. The van der Waals surface area contributed by atoms with Crippen LogP contribution in [-0.2, 0) is 4.79 Å². The Morgan fingerprint density at radius 2 is 1.71 bits per heavy atom. The molecule has 0 aromatic heterocycles. The summed E-state index contributed by atoms with van der Waals surface area (Å²) >= 11 is 0. The summed E-state index contributed by atoms with van der Waals surface area (Å²) in [4.78, 5) is 28.0.